The number of unbranched alkanes of at least 4 members (excludes halogenated alkanes) is 1. The number of allylic oxidation sites excluding steroid dienone is 7. The van der Waals surface area contributed by atoms with Crippen LogP contribution in [0.1, 0.15) is 146 Å². The van der Waals surface area contributed by atoms with Crippen LogP contribution in [-0.2, 0) is 4.74 Å². The molecule has 7 heteroatoms. The van der Waals surface area contributed by atoms with Gasteiger partial charge in [0.25, 0.3) is 0 Å². The number of hydrogen-bond donors (Lipinski definition) is 0. The summed E-state index contributed by atoms with van der Waals surface area (Å²) in [7, 11) is 0. The van der Waals surface area contributed by atoms with Crippen LogP contribution in [0.15, 0.2) is 48.4 Å². The maximum atomic E-state index is 12.5. The fraction of sp³-hybridized carbons (Fsp3) is 0.659. The van der Waals surface area contributed by atoms with Crippen molar-refractivity contribution in [1.82, 2.24) is 14.9 Å². The lowest BCUT2D eigenvalue weighted by molar-refractivity contribution is 0.0158. The molecule has 0 aliphatic carbocycles. The highest BCUT2D eigenvalue weighted by atomic mass is 16.6. The number of rotatable bonds is 10. The highest BCUT2D eigenvalue weighted by Gasteiger charge is 2.32. The van der Waals surface area contributed by atoms with E-state index in [1.807, 2.05) is 50.8 Å². The van der Waals surface area contributed by atoms with Crippen molar-refractivity contribution in [1.29, 1.82) is 5.26 Å². The molecule has 0 aromatic carbocycles. The normalized spacial score (nSPS) is 15.6. The SMILES string of the molecule is C/C=C(\c1c(C)ncnc1N1CCN(C(=O)OC(C)(C)C)C(C)C1)C(C)CC.C=C(/C=C(C#N)\C=C/CCC)CCC.CCC.CCC. The Bertz CT molecular complexity index is 1180. The molecular formula is C41H71N5O2. The van der Waals surface area contributed by atoms with Crippen LogP contribution in [0, 0.1) is 24.2 Å². The van der Waals surface area contributed by atoms with E-state index in [0.29, 0.717) is 18.0 Å². The van der Waals surface area contributed by atoms with Gasteiger partial charge in [-0.1, -0.05) is 105 Å². The minimum absolute atomic E-state index is 0.0457. The molecule has 1 aromatic rings. The minimum atomic E-state index is -0.484. The van der Waals surface area contributed by atoms with Gasteiger partial charge in [0.2, 0.25) is 0 Å². The van der Waals surface area contributed by atoms with Gasteiger partial charge < -0.3 is 14.5 Å². The van der Waals surface area contributed by atoms with Crippen LogP contribution in [0.2, 0.25) is 0 Å². The third-order valence-corrected chi connectivity index (χ3v) is 7.13. The van der Waals surface area contributed by atoms with Gasteiger partial charge in [-0.25, -0.2) is 14.8 Å². The lowest BCUT2D eigenvalue weighted by Crippen LogP contribution is -2.55. The molecule has 0 saturated carbocycles. The molecule has 1 aliphatic heterocycles. The van der Waals surface area contributed by atoms with Crippen molar-refractivity contribution >= 4 is 17.5 Å². The highest BCUT2D eigenvalue weighted by Crippen LogP contribution is 2.34. The zero-order chi connectivity index (χ0) is 37.3. The van der Waals surface area contributed by atoms with Crippen LogP contribution in [0.4, 0.5) is 10.6 Å². The second-order valence-corrected chi connectivity index (χ2v) is 13.4. The molecule has 7 nitrogen and oxygen atoms in total. The number of carbonyl (C=O) groups is 1. The molecule has 272 valence electrons. The topological polar surface area (TPSA) is 82.3 Å². The molecular weight excluding hydrogens is 594 g/mol. The summed E-state index contributed by atoms with van der Waals surface area (Å²) in [5.74, 6) is 1.41. The zero-order valence-corrected chi connectivity index (χ0v) is 33.4. The summed E-state index contributed by atoms with van der Waals surface area (Å²) in [5, 5.41) is 8.83. The Kier molecular flexibility index (Phi) is 25.8. The van der Waals surface area contributed by atoms with Crippen LogP contribution >= 0.6 is 0 Å². The summed E-state index contributed by atoms with van der Waals surface area (Å²) in [6.07, 6.45) is 17.1. The predicted octanol–water partition coefficient (Wildman–Crippen LogP) is 11.7. The van der Waals surface area contributed by atoms with Crippen molar-refractivity contribution in [2.24, 2.45) is 5.92 Å². The van der Waals surface area contributed by atoms with Crippen molar-refractivity contribution in [3.63, 3.8) is 0 Å². The number of aryl methyl sites for hydroxylation is 1. The van der Waals surface area contributed by atoms with Crippen LogP contribution in [0.25, 0.3) is 5.57 Å². The fourth-order valence-corrected chi connectivity index (χ4v) is 4.78. The number of nitriles is 1. The first-order valence-electron chi connectivity index (χ1n) is 18.3. The number of carbonyl (C=O) groups excluding carboxylic acids is 1. The largest absolute Gasteiger partial charge is 0.444 e. The molecule has 1 aromatic heterocycles. The molecule has 1 amide bonds. The smallest absolute Gasteiger partial charge is 0.410 e. The average molecular weight is 666 g/mol. The molecule has 0 spiro atoms. The Morgan fingerprint density at radius 2 is 1.71 bits per heavy atom. The third kappa shape index (κ3) is 18.8. The first kappa shape index (κ1) is 46.7. The van der Waals surface area contributed by atoms with Crippen molar-refractivity contribution < 1.29 is 9.53 Å². The van der Waals surface area contributed by atoms with E-state index in [-0.39, 0.29) is 12.1 Å². The van der Waals surface area contributed by atoms with Gasteiger partial charge in [-0.3, -0.25) is 0 Å². The van der Waals surface area contributed by atoms with Crippen LogP contribution in [-0.4, -0.2) is 52.2 Å². The van der Waals surface area contributed by atoms with E-state index in [4.69, 9.17) is 10.00 Å². The first-order chi connectivity index (χ1) is 22.7. The zero-order valence-electron chi connectivity index (χ0n) is 33.4. The van der Waals surface area contributed by atoms with Crippen LogP contribution < -0.4 is 4.90 Å². The van der Waals surface area contributed by atoms with E-state index < -0.39 is 5.60 Å². The Labute approximate surface area is 296 Å². The molecule has 2 heterocycles. The molecule has 0 bridgehead atoms. The number of hydrogen-bond acceptors (Lipinski definition) is 6. The van der Waals surface area contributed by atoms with E-state index in [1.54, 1.807) is 6.33 Å². The maximum Gasteiger partial charge on any atom is 0.410 e. The Balaban J connectivity index is 0. The molecule has 48 heavy (non-hydrogen) atoms. The quantitative estimate of drug-likeness (QED) is 0.183. The van der Waals surface area contributed by atoms with Gasteiger partial charge in [0, 0.05) is 31.2 Å². The summed E-state index contributed by atoms with van der Waals surface area (Å²) < 4.78 is 5.57. The fourth-order valence-electron chi connectivity index (χ4n) is 4.78. The summed E-state index contributed by atoms with van der Waals surface area (Å²) in [6, 6.07) is 2.21. The third-order valence-electron chi connectivity index (χ3n) is 7.13. The molecule has 2 rings (SSSR count). The first-order valence-corrected chi connectivity index (χ1v) is 18.3. The number of ether oxygens (including phenoxy) is 1. The van der Waals surface area contributed by atoms with Gasteiger partial charge in [-0.05, 0) is 84.4 Å². The van der Waals surface area contributed by atoms with Gasteiger partial charge >= 0.3 is 6.09 Å². The lowest BCUT2D eigenvalue weighted by atomic mass is 9.90. The Morgan fingerprint density at radius 1 is 1.10 bits per heavy atom. The van der Waals surface area contributed by atoms with E-state index in [1.165, 1.54) is 18.4 Å². The average Bonchev–Trinajstić information content (AvgIpc) is 3.01. The van der Waals surface area contributed by atoms with E-state index >= 15 is 0 Å². The number of piperazine rings is 1. The second-order valence-electron chi connectivity index (χ2n) is 13.4. The number of aromatic nitrogens is 2. The summed E-state index contributed by atoms with van der Waals surface area (Å²) in [6.45, 7) is 35.0. The highest BCUT2D eigenvalue weighted by molar-refractivity contribution is 5.77. The number of amides is 1. The van der Waals surface area contributed by atoms with Crippen molar-refractivity contribution in [2.45, 2.75) is 154 Å². The van der Waals surface area contributed by atoms with Crippen molar-refractivity contribution in [3.05, 3.63) is 59.6 Å². The molecule has 2 unspecified atom stereocenters. The minimum Gasteiger partial charge on any atom is -0.444 e. The molecule has 1 aliphatic rings. The van der Waals surface area contributed by atoms with E-state index in [0.717, 1.165) is 67.8 Å². The molecule has 0 N–H and O–H groups in total. The predicted molar refractivity (Wildman–Crippen MR) is 208 cm³/mol. The summed E-state index contributed by atoms with van der Waals surface area (Å²) >= 11 is 0. The molecule has 1 fully saturated rings. The second kappa shape index (κ2) is 26.5. The standard InChI is InChI=1S/C22H36N4O2.C13H19N.2C3H8/c1-9-15(3)18(10-2)19-17(5)23-14-24-20(19)25-11-12-26(16(4)13-25)21(27)28-22(6,7)8;1-4-6-7-9-13(11-14)10-12(3)8-5-2;2*1-3-2/h10,14-16H,9,11-13H2,1-8H3;7,9-10H,3-6,8H2,1-2H3;2*3H2,1-2H3/b18-10-;9-7-,13-10+;;. The van der Waals surface area contributed by atoms with Crippen molar-refractivity contribution in [2.75, 3.05) is 24.5 Å². The Morgan fingerprint density at radius 3 is 2.17 bits per heavy atom. The van der Waals surface area contributed by atoms with E-state index in [9.17, 15) is 4.79 Å². The summed E-state index contributed by atoms with van der Waals surface area (Å²) in [5.41, 5.74) is 4.68. The lowest BCUT2D eigenvalue weighted by Gasteiger charge is -2.41. The van der Waals surface area contributed by atoms with Crippen LogP contribution in [0.3, 0.4) is 0 Å². The molecule has 1 saturated heterocycles. The van der Waals surface area contributed by atoms with E-state index in [2.05, 4.69) is 103 Å². The van der Waals surface area contributed by atoms with Gasteiger partial charge in [-0.2, -0.15) is 5.26 Å². The van der Waals surface area contributed by atoms with Gasteiger partial charge in [0.15, 0.2) is 0 Å². The monoisotopic (exact) mass is 666 g/mol. The van der Waals surface area contributed by atoms with Gasteiger partial charge in [0.1, 0.15) is 17.7 Å². The van der Waals surface area contributed by atoms with Crippen LogP contribution in [0.5, 0.6) is 0 Å². The van der Waals surface area contributed by atoms with Gasteiger partial charge in [0.05, 0.1) is 17.3 Å². The maximum absolute atomic E-state index is 12.5. The summed E-state index contributed by atoms with van der Waals surface area (Å²) in [4.78, 5) is 25.7. The molecule has 2 atom stereocenters. The molecule has 0 radical (unpaired) electrons. The van der Waals surface area contributed by atoms with Crippen molar-refractivity contribution in [3.8, 4) is 6.07 Å². The number of anilines is 1. The van der Waals surface area contributed by atoms with Gasteiger partial charge in [-0.15, -0.1) is 0 Å². The number of nitrogens with zero attached hydrogens (tertiary/aromatic N) is 5. The Hall–Kier alpha value is -3.40.